The molecule has 0 spiro atoms. The first-order chi connectivity index (χ1) is 6.89. The number of aromatic nitrogens is 2. The average Bonchev–Trinajstić information content (AvgIpc) is 2.43. The fraction of sp³-hybridized carbons (Fsp3) is 0.727. The van der Waals surface area contributed by atoms with Crippen molar-refractivity contribution in [1.29, 1.82) is 0 Å². The molecule has 0 fully saturated rings. The van der Waals surface area contributed by atoms with Gasteiger partial charge in [-0.2, -0.15) is 5.10 Å². The van der Waals surface area contributed by atoms with Crippen LogP contribution in [0.3, 0.4) is 0 Å². The molecule has 0 aromatic carbocycles. The molecule has 0 saturated carbocycles. The molecule has 15 heavy (non-hydrogen) atoms. The van der Waals surface area contributed by atoms with E-state index in [4.69, 9.17) is 0 Å². The summed E-state index contributed by atoms with van der Waals surface area (Å²) in [6.07, 6.45) is 1.10. The zero-order valence-electron chi connectivity index (χ0n) is 9.84. The number of hydrogen-bond acceptors (Lipinski definition) is 2. The molecular formula is C11H18BrN3. The molecule has 4 heteroatoms. The Labute approximate surface area is 99.6 Å². The maximum Gasteiger partial charge on any atom is 0.132 e. The summed E-state index contributed by atoms with van der Waals surface area (Å²) in [4.78, 5) is 2.34. The van der Waals surface area contributed by atoms with Crippen molar-refractivity contribution < 1.29 is 0 Å². The van der Waals surface area contributed by atoms with Gasteiger partial charge in [0.1, 0.15) is 4.60 Å². The molecule has 0 N–H and O–H groups in total. The molecule has 84 valence electrons. The highest BCUT2D eigenvalue weighted by Gasteiger charge is 2.26. The molecule has 2 rings (SSSR count). The van der Waals surface area contributed by atoms with Crippen molar-refractivity contribution in [3.05, 3.63) is 15.9 Å². The molecule has 1 aromatic rings. The second kappa shape index (κ2) is 3.59. The van der Waals surface area contributed by atoms with Crippen LogP contribution in [0.2, 0.25) is 0 Å². The van der Waals surface area contributed by atoms with E-state index in [-0.39, 0.29) is 5.54 Å². The molecule has 0 atom stereocenters. The highest BCUT2D eigenvalue weighted by molar-refractivity contribution is 9.10. The number of likely N-dealkylation sites (N-methyl/N-ethyl adjacent to an activating group) is 1. The van der Waals surface area contributed by atoms with E-state index in [0.717, 1.165) is 24.1 Å². The Balaban J connectivity index is 2.48. The van der Waals surface area contributed by atoms with Crippen LogP contribution < -0.4 is 0 Å². The van der Waals surface area contributed by atoms with Gasteiger partial charge >= 0.3 is 0 Å². The van der Waals surface area contributed by atoms with Crippen molar-refractivity contribution >= 4 is 15.9 Å². The van der Waals surface area contributed by atoms with Crippen LogP contribution in [0.4, 0.5) is 0 Å². The summed E-state index contributed by atoms with van der Waals surface area (Å²) in [5.74, 6) is 0. The van der Waals surface area contributed by atoms with Crippen LogP contribution in [-0.2, 0) is 18.5 Å². The maximum atomic E-state index is 4.60. The van der Waals surface area contributed by atoms with E-state index in [1.807, 2.05) is 0 Å². The number of halogens is 1. The molecule has 1 aliphatic heterocycles. The van der Waals surface area contributed by atoms with E-state index in [1.54, 1.807) is 0 Å². The first-order valence-electron chi connectivity index (χ1n) is 5.35. The Bertz CT molecular complexity index is 376. The van der Waals surface area contributed by atoms with Crippen LogP contribution in [0.1, 0.15) is 32.0 Å². The van der Waals surface area contributed by atoms with Gasteiger partial charge in [0.15, 0.2) is 0 Å². The topological polar surface area (TPSA) is 21.1 Å². The Kier molecular flexibility index (Phi) is 2.67. The fourth-order valence-corrected chi connectivity index (χ4v) is 2.58. The van der Waals surface area contributed by atoms with Gasteiger partial charge in [0, 0.05) is 30.8 Å². The lowest BCUT2D eigenvalue weighted by atomic mass is 10.1. The van der Waals surface area contributed by atoms with Gasteiger partial charge in [0.05, 0.1) is 5.54 Å². The molecule has 2 heterocycles. The summed E-state index contributed by atoms with van der Waals surface area (Å²) in [5.41, 5.74) is 2.83. The monoisotopic (exact) mass is 271 g/mol. The Morgan fingerprint density at radius 1 is 1.33 bits per heavy atom. The van der Waals surface area contributed by atoms with Gasteiger partial charge in [-0.05, 0) is 43.7 Å². The van der Waals surface area contributed by atoms with Gasteiger partial charge in [-0.1, -0.05) is 0 Å². The average molecular weight is 272 g/mol. The molecule has 0 bridgehead atoms. The lowest BCUT2D eigenvalue weighted by Crippen LogP contribution is -2.31. The molecule has 1 aliphatic rings. The first kappa shape index (κ1) is 11.1. The molecular weight excluding hydrogens is 254 g/mol. The van der Waals surface area contributed by atoms with Crippen LogP contribution in [-0.4, -0.2) is 28.3 Å². The van der Waals surface area contributed by atoms with Crippen molar-refractivity contribution in [2.75, 3.05) is 13.6 Å². The summed E-state index contributed by atoms with van der Waals surface area (Å²) in [6, 6.07) is 0. The van der Waals surface area contributed by atoms with Crippen LogP contribution in [0.5, 0.6) is 0 Å². The lowest BCUT2D eigenvalue weighted by molar-refractivity contribution is 0.288. The van der Waals surface area contributed by atoms with Crippen molar-refractivity contribution in [3.63, 3.8) is 0 Å². The zero-order chi connectivity index (χ0) is 11.2. The maximum absolute atomic E-state index is 4.60. The van der Waals surface area contributed by atoms with Gasteiger partial charge in [-0.3, -0.25) is 4.68 Å². The second-order valence-corrected chi connectivity index (χ2v) is 6.04. The van der Waals surface area contributed by atoms with Crippen molar-refractivity contribution in [1.82, 2.24) is 14.7 Å². The summed E-state index contributed by atoms with van der Waals surface area (Å²) >= 11 is 3.56. The Hall–Kier alpha value is -0.350. The van der Waals surface area contributed by atoms with Gasteiger partial charge < -0.3 is 4.90 Å². The second-order valence-electron chi connectivity index (χ2n) is 5.29. The third kappa shape index (κ3) is 1.97. The van der Waals surface area contributed by atoms with E-state index in [1.165, 1.54) is 11.3 Å². The number of hydrogen-bond donors (Lipinski definition) is 0. The fourth-order valence-electron chi connectivity index (χ4n) is 2.07. The predicted molar refractivity (Wildman–Crippen MR) is 65.0 cm³/mol. The lowest BCUT2D eigenvalue weighted by Gasteiger charge is -2.27. The predicted octanol–water partition coefficient (Wildman–Crippen LogP) is 2.39. The minimum Gasteiger partial charge on any atom is -0.302 e. The highest BCUT2D eigenvalue weighted by atomic mass is 79.9. The third-order valence-electron chi connectivity index (χ3n) is 2.83. The van der Waals surface area contributed by atoms with Crippen molar-refractivity contribution in [2.24, 2.45) is 0 Å². The van der Waals surface area contributed by atoms with Crippen LogP contribution in [0, 0.1) is 0 Å². The number of nitrogens with zero attached hydrogens (tertiary/aromatic N) is 3. The third-order valence-corrected chi connectivity index (χ3v) is 3.47. The first-order valence-corrected chi connectivity index (χ1v) is 6.14. The molecule has 0 radical (unpaired) electrons. The summed E-state index contributed by atoms with van der Waals surface area (Å²) in [6.45, 7) is 8.73. The minimum absolute atomic E-state index is 0.0754. The zero-order valence-corrected chi connectivity index (χ0v) is 11.4. The number of fused-ring (bicyclic) bond motifs is 1. The van der Waals surface area contributed by atoms with E-state index in [2.05, 4.69) is 58.4 Å². The standard InChI is InChI=1S/C11H18BrN3/c1-11(2,3)15-9-5-6-14(4)7-8(9)10(12)13-15/h5-7H2,1-4H3. The molecule has 3 nitrogen and oxygen atoms in total. The molecule has 0 amide bonds. The highest BCUT2D eigenvalue weighted by Crippen LogP contribution is 2.29. The van der Waals surface area contributed by atoms with Crippen molar-refractivity contribution in [2.45, 2.75) is 39.3 Å². The SMILES string of the molecule is CN1CCc2c(c(Br)nn2C(C)(C)C)C1. The van der Waals surface area contributed by atoms with E-state index < -0.39 is 0 Å². The van der Waals surface area contributed by atoms with Gasteiger partial charge in [-0.25, -0.2) is 0 Å². The largest absolute Gasteiger partial charge is 0.302 e. The summed E-state index contributed by atoms with van der Waals surface area (Å²) in [7, 11) is 2.16. The minimum atomic E-state index is 0.0754. The van der Waals surface area contributed by atoms with Gasteiger partial charge in [-0.15, -0.1) is 0 Å². The summed E-state index contributed by atoms with van der Waals surface area (Å²) in [5, 5.41) is 4.60. The van der Waals surface area contributed by atoms with Crippen LogP contribution >= 0.6 is 15.9 Å². The molecule has 0 saturated heterocycles. The number of rotatable bonds is 0. The summed E-state index contributed by atoms with van der Waals surface area (Å²) < 4.78 is 3.18. The normalized spacial score (nSPS) is 17.9. The van der Waals surface area contributed by atoms with E-state index in [9.17, 15) is 0 Å². The van der Waals surface area contributed by atoms with E-state index in [0.29, 0.717) is 0 Å². The Morgan fingerprint density at radius 2 is 2.00 bits per heavy atom. The molecule has 0 unspecified atom stereocenters. The quantitative estimate of drug-likeness (QED) is 0.723. The van der Waals surface area contributed by atoms with Gasteiger partial charge in [0.25, 0.3) is 0 Å². The Morgan fingerprint density at radius 3 is 2.60 bits per heavy atom. The molecule has 1 aromatic heterocycles. The molecule has 0 aliphatic carbocycles. The van der Waals surface area contributed by atoms with Crippen LogP contribution in [0.15, 0.2) is 4.60 Å². The van der Waals surface area contributed by atoms with Crippen LogP contribution in [0.25, 0.3) is 0 Å². The van der Waals surface area contributed by atoms with Gasteiger partial charge in [0.2, 0.25) is 0 Å². The van der Waals surface area contributed by atoms with Crippen molar-refractivity contribution in [3.8, 4) is 0 Å². The van der Waals surface area contributed by atoms with E-state index >= 15 is 0 Å². The smallest absolute Gasteiger partial charge is 0.132 e.